The Morgan fingerprint density at radius 1 is 1.17 bits per heavy atom. The van der Waals surface area contributed by atoms with Gasteiger partial charge in [-0.25, -0.2) is 9.97 Å². The summed E-state index contributed by atoms with van der Waals surface area (Å²) in [5.41, 5.74) is 0.373. The molecule has 0 amide bonds. The van der Waals surface area contributed by atoms with Gasteiger partial charge >= 0.3 is 0 Å². The minimum Gasteiger partial charge on any atom is -0.368 e. The first-order valence-electron chi connectivity index (χ1n) is 6.69. The molecule has 0 radical (unpaired) electrons. The molecule has 0 aliphatic heterocycles. The van der Waals surface area contributed by atoms with Gasteiger partial charge in [-0.15, -0.1) is 0 Å². The van der Waals surface area contributed by atoms with E-state index in [1.807, 2.05) is 6.07 Å². The smallest absolute Gasteiger partial charge is 0.182 e. The lowest BCUT2D eigenvalue weighted by Crippen LogP contribution is -2.06. The van der Waals surface area contributed by atoms with E-state index in [2.05, 4.69) is 29.1 Å². The number of nitrogens with one attached hydrogen (secondary N) is 1. The molecule has 0 aliphatic carbocycles. The Morgan fingerprint density at radius 2 is 1.89 bits per heavy atom. The average Bonchev–Trinajstić information content (AvgIpc) is 2.37. The van der Waals surface area contributed by atoms with Crippen molar-refractivity contribution in [3.8, 4) is 6.07 Å². The number of nitriles is 1. The van der Waals surface area contributed by atoms with Crippen LogP contribution >= 0.6 is 0 Å². The van der Waals surface area contributed by atoms with Gasteiger partial charge in [-0.1, -0.05) is 39.5 Å². The molecule has 1 aromatic rings. The summed E-state index contributed by atoms with van der Waals surface area (Å²) < 4.78 is 0. The van der Waals surface area contributed by atoms with Crippen molar-refractivity contribution in [3.63, 3.8) is 0 Å². The van der Waals surface area contributed by atoms with E-state index >= 15 is 0 Å². The second kappa shape index (κ2) is 8.46. The van der Waals surface area contributed by atoms with E-state index in [9.17, 15) is 0 Å². The third-order valence-electron chi connectivity index (χ3n) is 2.80. The molecule has 1 heterocycles. The zero-order valence-corrected chi connectivity index (χ0v) is 11.3. The van der Waals surface area contributed by atoms with Gasteiger partial charge in [0.05, 0.1) is 0 Å². The van der Waals surface area contributed by atoms with E-state index in [0.717, 1.165) is 18.9 Å². The zero-order chi connectivity index (χ0) is 13.2. The third-order valence-corrected chi connectivity index (χ3v) is 2.80. The number of rotatable bonds is 8. The van der Waals surface area contributed by atoms with Crippen molar-refractivity contribution in [1.82, 2.24) is 9.97 Å². The lowest BCUT2D eigenvalue weighted by atomic mass is 10.0. The molecule has 1 N–H and O–H groups in total. The van der Waals surface area contributed by atoms with E-state index in [4.69, 9.17) is 5.26 Å². The second-order valence-electron chi connectivity index (χ2n) is 4.89. The number of hydrogen-bond donors (Lipinski definition) is 1. The molecule has 0 atom stereocenters. The van der Waals surface area contributed by atoms with Crippen LogP contribution in [0.25, 0.3) is 0 Å². The van der Waals surface area contributed by atoms with Crippen molar-refractivity contribution in [2.45, 2.75) is 46.0 Å². The molecule has 0 aromatic carbocycles. The minimum atomic E-state index is 0.373. The van der Waals surface area contributed by atoms with Crippen LogP contribution in [0.5, 0.6) is 0 Å². The highest BCUT2D eigenvalue weighted by molar-refractivity contribution is 5.46. The molecule has 18 heavy (non-hydrogen) atoms. The van der Waals surface area contributed by atoms with Gasteiger partial charge in [0, 0.05) is 18.9 Å². The Morgan fingerprint density at radius 3 is 2.61 bits per heavy atom. The maximum atomic E-state index is 8.85. The van der Waals surface area contributed by atoms with Crippen LogP contribution in [0.4, 0.5) is 5.82 Å². The molecule has 0 unspecified atom stereocenters. The van der Waals surface area contributed by atoms with Gasteiger partial charge in [0.15, 0.2) is 11.5 Å². The Kier molecular flexibility index (Phi) is 6.78. The van der Waals surface area contributed by atoms with Crippen molar-refractivity contribution in [2.75, 3.05) is 11.9 Å². The summed E-state index contributed by atoms with van der Waals surface area (Å²) in [5, 5.41) is 12.0. The molecule has 98 valence electrons. The second-order valence-corrected chi connectivity index (χ2v) is 4.89. The molecule has 1 aromatic heterocycles. The van der Waals surface area contributed by atoms with Crippen molar-refractivity contribution >= 4 is 5.82 Å². The molecule has 0 saturated carbocycles. The fourth-order valence-corrected chi connectivity index (χ4v) is 1.79. The van der Waals surface area contributed by atoms with Gasteiger partial charge in [-0.05, 0) is 12.3 Å². The summed E-state index contributed by atoms with van der Waals surface area (Å²) in [6.45, 7) is 5.38. The molecule has 0 fully saturated rings. The first-order valence-corrected chi connectivity index (χ1v) is 6.69. The summed E-state index contributed by atoms with van der Waals surface area (Å²) in [6.07, 6.45) is 9.39. The van der Waals surface area contributed by atoms with Crippen LogP contribution in [0.2, 0.25) is 0 Å². The molecule has 0 aliphatic rings. The summed E-state index contributed by atoms with van der Waals surface area (Å²) >= 11 is 0. The van der Waals surface area contributed by atoms with Crippen molar-refractivity contribution in [2.24, 2.45) is 5.92 Å². The highest BCUT2D eigenvalue weighted by atomic mass is 15.0. The van der Waals surface area contributed by atoms with Gasteiger partial charge in [0.2, 0.25) is 0 Å². The Bertz CT molecular complexity index is 382. The van der Waals surface area contributed by atoms with Gasteiger partial charge in [-0.3, -0.25) is 0 Å². The van der Waals surface area contributed by atoms with E-state index in [-0.39, 0.29) is 0 Å². The van der Waals surface area contributed by atoms with E-state index in [1.54, 1.807) is 6.20 Å². The molecule has 0 spiro atoms. The molecular formula is C14H22N4. The van der Waals surface area contributed by atoms with Gasteiger partial charge in [0.1, 0.15) is 6.07 Å². The highest BCUT2D eigenvalue weighted by Crippen LogP contribution is 2.10. The van der Waals surface area contributed by atoms with Crippen LogP contribution in [0.3, 0.4) is 0 Å². The van der Waals surface area contributed by atoms with Crippen molar-refractivity contribution in [1.29, 1.82) is 5.26 Å². The molecular weight excluding hydrogens is 224 g/mol. The SMILES string of the molecule is CC(C)CCCCCCNc1nccnc1C#N. The molecule has 1 rings (SSSR count). The molecule has 4 heteroatoms. The van der Waals surface area contributed by atoms with Crippen molar-refractivity contribution in [3.05, 3.63) is 18.1 Å². The number of nitrogens with zero attached hydrogens (tertiary/aromatic N) is 3. The maximum Gasteiger partial charge on any atom is 0.182 e. The summed E-state index contributed by atoms with van der Waals surface area (Å²) in [5.74, 6) is 1.41. The minimum absolute atomic E-state index is 0.373. The van der Waals surface area contributed by atoms with E-state index < -0.39 is 0 Å². The summed E-state index contributed by atoms with van der Waals surface area (Å²) in [4.78, 5) is 8.07. The predicted octanol–water partition coefficient (Wildman–Crippen LogP) is 3.37. The first kappa shape index (κ1) is 14.4. The van der Waals surface area contributed by atoms with E-state index in [1.165, 1.54) is 31.9 Å². The van der Waals surface area contributed by atoms with Gasteiger partial charge in [-0.2, -0.15) is 5.26 Å². The third kappa shape index (κ3) is 5.62. The van der Waals surface area contributed by atoms with Gasteiger partial charge in [0.25, 0.3) is 0 Å². The van der Waals surface area contributed by atoms with Crippen LogP contribution in [-0.4, -0.2) is 16.5 Å². The lowest BCUT2D eigenvalue weighted by Gasteiger charge is -2.06. The topological polar surface area (TPSA) is 61.6 Å². The van der Waals surface area contributed by atoms with Crippen molar-refractivity contribution < 1.29 is 0 Å². The van der Waals surface area contributed by atoms with Crippen LogP contribution in [0.15, 0.2) is 12.4 Å². The highest BCUT2D eigenvalue weighted by Gasteiger charge is 2.02. The molecule has 0 saturated heterocycles. The number of aromatic nitrogens is 2. The van der Waals surface area contributed by atoms with Crippen LogP contribution in [0, 0.1) is 17.2 Å². The fraction of sp³-hybridized carbons (Fsp3) is 0.643. The Balaban J connectivity index is 2.13. The monoisotopic (exact) mass is 246 g/mol. The summed E-state index contributed by atoms with van der Waals surface area (Å²) in [6, 6.07) is 2.03. The lowest BCUT2D eigenvalue weighted by molar-refractivity contribution is 0.523. The standard InChI is InChI=1S/C14H22N4/c1-12(2)7-5-3-4-6-8-17-14-13(11-15)16-9-10-18-14/h9-10,12H,3-8H2,1-2H3,(H,17,18). The Hall–Kier alpha value is -1.63. The summed E-state index contributed by atoms with van der Waals surface area (Å²) in [7, 11) is 0. The predicted molar refractivity (Wildman–Crippen MR) is 73.2 cm³/mol. The van der Waals surface area contributed by atoms with E-state index in [0.29, 0.717) is 11.5 Å². The quantitative estimate of drug-likeness (QED) is 0.714. The van der Waals surface area contributed by atoms with Crippen LogP contribution in [0.1, 0.15) is 51.6 Å². The maximum absolute atomic E-state index is 8.85. The average molecular weight is 246 g/mol. The number of unbranched alkanes of at least 4 members (excludes halogenated alkanes) is 3. The largest absolute Gasteiger partial charge is 0.368 e. The van der Waals surface area contributed by atoms with Gasteiger partial charge < -0.3 is 5.32 Å². The fourth-order valence-electron chi connectivity index (χ4n) is 1.79. The number of anilines is 1. The first-order chi connectivity index (χ1) is 8.74. The number of hydrogen-bond acceptors (Lipinski definition) is 4. The molecule has 0 bridgehead atoms. The van der Waals surface area contributed by atoms with Crippen LogP contribution < -0.4 is 5.32 Å². The Labute approximate surface area is 109 Å². The normalized spacial score (nSPS) is 10.3. The zero-order valence-electron chi connectivity index (χ0n) is 11.3. The molecule has 4 nitrogen and oxygen atoms in total. The van der Waals surface area contributed by atoms with Crippen LogP contribution in [-0.2, 0) is 0 Å².